The lowest BCUT2D eigenvalue weighted by atomic mass is 9.99. The number of phenolic OH excluding ortho intramolecular Hbond substituents is 1. The molecule has 0 spiro atoms. The van der Waals surface area contributed by atoms with Crippen LogP contribution in [0.1, 0.15) is 44.1 Å². The zero-order valence-electron chi connectivity index (χ0n) is 19.6. The molecule has 0 heterocycles. The number of anilines is 2. The van der Waals surface area contributed by atoms with Gasteiger partial charge in [-0.1, -0.05) is 49.9 Å². The van der Waals surface area contributed by atoms with Gasteiger partial charge in [-0.05, 0) is 48.6 Å². The van der Waals surface area contributed by atoms with E-state index >= 15 is 0 Å². The Balaban J connectivity index is 1.62. The minimum Gasteiger partial charge on any atom is -0.506 e. The van der Waals surface area contributed by atoms with Crippen molar-refractivity contribution in [2.24, 2.45) is 5.92 Å². The molecule has 2 aromatic carbocycles. The maximum Gasteiger partial charge on any atom is 0.319 e. The van der Waals surface area contributed by atoms with Gasteiger partial charge in [0.2, 0.25) is 5.91 Å². The zero-order chi connectivity index (χ0) is 24.3. The van der Waals surface area contributed by atoms with Crippen molar-refractivity contribution in [3.63, 3.8) is 0 Å². The predicted molar refractivity (Wildman–Crippen MR) is 131 cm³/mol. The summed E-state index contributed by atoms with van der Waals surface area (Å²) in [5.41, 5.74) is 1.66. The third-order valence-electron chi connectivity index (χ3n) is 6.05. The second-order valence-corrected chi connectivity index (χ2v) is 8.61. The normalized spacial score (nSPS) is 14.0. The van der Waals surface area contributed by atoms with E-state index in [9.17, 15) is 19.5 Å². The van der Waals surface area contributed by atoms with Gasteiger partial charge in [-0.2, -0.15) is 0 Å². The summed E-state index contributed by atoms with van der Waals surface area (Å²) >= 11 is 0. The number of hydrogen-bond acceptors (Lipinski definition) is 5. The number of carbonyl (C=O) groups excluding carboxylic acids is 3. The van der Waals surface area contributed by atoms with Gasteiger partial charge in [-0.15, -0.1) is 0 Å². The highest BCUT2D eigenvalue weighted by molar-refractivity contribution is 5.99. The van der Waals surface area contributed by atoms with Crippen LogP contribution in [-0.4, -0.2) is 43.2 Å². The Kier molecular flexibility index (Phi) is 9.31. The molecule has 0 radical (unpaired) electrons. The van der Waals surface area contributed by atoms with Crippen LogP contribution in [0.4, 0.5) is 16.2 Å². The minimum absolute atomic E-state index is 0.0383. The highest BCUT2D eigenvalue weighted by Crippen LogP contribution is 2.30. The Morgan fingerprint density at radius 3 is 2.47 bits per heavy atom. The molecule has 3 rings (SSSR count). The second kappa shape index (κ2) is 12.6. The van der Waals surface area contributed by atoms with Crippen molar-refractivity contribution in [3.05, 3.63) is 54.1 Å². The van der Waals surface area contributed by atoms with E-state index in [0.29, 0.717) is 29.4 Å². The van der Waals surface area contributed by atoms with E-state index < -0.39 is 6.03 Å². The largest absolute Gasteiger partial charge is 0.506 e. The third kappa shape index (κ3) is 7.50. The van der Waals surface area contributed by atoms with Gasteiger partial charge in [0.1, 0.15) is 5.75 Å². The van der Waals surface area contributed by atoms with Gasteiger partial charge >= 0.3 is 12.0 Å². The van der Waals surface area contributed by atoms with Crippen LogP contribution in [0.5, 0.6) is 5.75 Å². The molecular formula is C26H33N3O5. The molecule has 0 aromatic heterocycles. The molecule has 1 aliphatic carbocycles. The van der Waals surface area contributed by atoms with Crippen molar-refractivity contribution in [2.75, 3.05) is 30.4 Å². The van der Waals surface area contributed by atoms with E-state index in [0.717, 1.165) is 25.7 Å². The Bertz CT molecular complexity index is 986. The van der Waals surface area contributed by atoms with Crippen LogP contribution < -0.4 is 15.5 Å². The number of aromatic hydroxyl groups is 1. The van der Waals surface area contributed by atoms with Crippen molar-refractivity contribution < 1.29 is 24.2 Å². The first-order chi connectivity index (χ1) is 16.5. The molecule has 2 aromatic rings. The molecule has 1 saturated carbocycles. The van der Waals surface area contributed by atoms with E-state index in [1.54, 1.807) is 53.4 Å². The van der Waals surface area contributed by atoms with Crippen LogP contribution >= 0.6 is 0 Å². The van der Waals surface area contributed by atoms with Gasteiger partial charge < -0.3 is 25.4 Å². The fourth-order valence-electron chi connectivity index (χ4n) is 4.26. The van der Waals surface area contributed by atoms with Gasteiger partial charge in [0.25, 0.3) is 0 Å². The number of hydrogen-bond donors (Lipinski definition) is 3. The number of amides is 3. The Morgan fingerprint density at radius 2 is 1.76 bits per heavy atom. The van der Waals surface area contributed by atoms with E-state index in [1.807, 2.05) is 0 Å². The van der Waals surface area contributed by atoms with Crippen molar-refractivity contribution >= 4 is 29.3 Å². The molecule has 182 valence electrons. The summed E-state index contributed by atoms with van der Waals surface area (Å²) in [5, 5.41) is 15.7. The van der Waals surface area contributed by atoms with Crippen molar-refractivity contribution in [1.82, 2.24) is 5.32 Å². The number of phenols is 1. The monoisotopic (exact) mass is 467 g/mol. The maximum absolute atomic E-state index is 13.1. The number of urea groups is 1. The molecule has 0 saturated heterocycles. The summed E-state index contributed by atoms with van der Waals surface area (Å²) in [6.45, 7) is 0.296. The summed E-state index contributed by atoms with van der Waals surface area (Å²) in [7, 11) is 1.32. The number of nitrogens with zero attached hydrogens (tertiary/aromatic N) is 1. The van der Waals surface area contributed by atoms with Crippen molar-refractivity contribution in [2.45, 2.75) is 44.9 Å². The Morgan fingerprint density at radius 1 is 1.03 bits per heavy atom. The lowest BCUT2D eigenvalue weighted by molar-refractivity contribution is -0.139. The molecule has 34 heavy (non-hydrogen) atoms. The highest BCUT2D eigenvalue weighted by Gasteiger charge is 2.24. The summed E-state index contributed by atoms with van der Waals surface area (Å²) < 4.78 is 4.67. The summed E-state index contributed by atoms with van der Waals surface area (Å²) in [6.07, 6.45) is 6.91. The number of benzene rings is 2. The van der Waals surface area contributed by atoms with Crippen molar-refractivity contribution in [1.29, 1.82) is 0 Å². The van der Waals surface area contributed by atoms with E-state index in [-0.39, 0.29) is 30.6 Å². The molecular weight excluding hydrogens is 434 g/mol. The smallest absolute Gasteiger partial charge is 0.319 e. The zero-order valence-corrected chi connectivity index (χ0v) is 19.6. The molecule has 1 fully saturated rings. The lowest BCUT2D eigenvalue weighted by Gasteiger charge is -2.28. The van der Waals surface area contributed by atoms with Crippen LogP contribution in [0.15, 0.2) is 48.5 Å². The first kappa shape index (κ1) is 25.1. The predicted octanol–water partition coefficient (Wildman–Crippen LogP) is 4.23. The fraction of sp³-hybridized carbons (Fsp3) is 0.423. The van der Waals surface area contributed by atoms with E-state index in [4.69, 9.17) is 0 Å². The highest BCUT2D eigenvalue weighted by atomic mass is 16.5. The summed E-state index contributed by atoms with van der Waals surface area (Å²) in [6, 6.07) is 13.1. The molecule has 8 nitrogen and oxygen atoms in total. The van der Waals surface area contributed by atoms with Crippen LogP contribution in [0.25, 0.3) is 0 Å². The molecule has 1 aliphatic rings. The van der Waals surface area contributed by atoms with Gasteiger partial charge in [0.15, 0.2) is 0 Å². The van der Waals surface area contributed by atoms with Crippen molar-refractivity contribution in [3.8, 4) is 5.75 Å². The maximum atomic E-state index is 13.1. The quantitative estimate of drug-likeness (QED) is 0.398. The molecule has 3 N–H and O–H groups in total. The molecule has 0 atom stereocenters. The van der Waals surface area contributed by atoms with Gasteiger partial charge in [0.05, 0.1) is 25.8 Å². The Labute approximate surface area is 200 Å². The molecule has 8 heteroatoms. The van der Waals surface area contributed by atoms with E-state index in [1.165, 1.54) is 20.0 Å². The van der Waals surface area contributed by atoms with Crippen LogP contribution in [0, 0.1) is 5.92 Å². The van der Waals surface area contributed by atoms with Crippen LogP contribution in [-0.2, 0) is 20.7 Å². The van der Waals surface area contributed by atoms with Gasteiger partial charge in [-0.3, -0.25) is 9.59 Å². The SMILES string of the molecule is COC(=O)Cc1cccc(NC(=O)NCC(=O)N(CC2CCCCCC2)c2ccccc2O)c1. The molecule has 0 aliphatic heterocycles. The Hall–Kier alpha value is -3.55. The topological polar surface area (TPSA) is 108 Å². The molecule has 3 amide bonds. The number of esters is 1. The number of nitrogens with one attached hydrogen (secondary N) is 2. The number of methoxy groups -OCH3 is 1. The average molecular weight is 468 g/mol. The number of para-hydroxylation sites is 2. The van der Waals surface area contributed by atoms with E-state index in [2.05, 4.69) is 15.4 Å². The van der Waals surface area contributed by atoms with Gasteiger partial charge in [-0.25, -0.2) is 4.79 Å². The first-order valence-electron chi connectivity index (χ1n) is 11.7. The minimum atomic E-state index is -0.532. The van der Waals surface area contributed by atoms with Crippen LogP contribution in [0.2, 0.25) is 0 Å². The standard InChI is InChI=1S/C26H33N3O5/c1-34-25(32)16-20-11-8-12-21(15-20)28-26(33)27-17-24(31)29(22-13-6-7-14-23(22)30)18-19-9-4-2-3-5-10-19/h6-8,11-15,19,30H,2-5,9-10,16-18H2,1H3,(H2,27,28,33). The fourth-order valence-corrected chi connectivity index (χ4v) is 4.26. The lowest BCUT2D eigenvalue weighted by Crippen LogP contribution is -2.43. The average Bonchev–Trinajstić information content (AvgIpc) is 3.10. The number of ether oxygens (including phenoxy) is 1. The molecule has 0 unspecified atom stereocenters. The summed E-state index contributed by atoms with van der Waals surface area (Å²) in [5.74, 6) is -0.265. The summed E-state index contributed by atoms with van der Waals surface area (Å²) in [4.78, 5) is 38.6. The number of rotatable bonds is 8. The first-order valence-corrected chi connectivity index (χ1v) is 11.7. The van der Waals surface area contributed by atoms with Crippen LogP contribution in [0.3, 0.4) is 0 Å². The number of carbonyl (C=O) groups is 3. The second-order valence-electron chi connectivity index (χ2n) is 8.61. The van der Waals surface area contributed by atoms with Gasteiger partial charge in [0, 0.05) is 12.2 Å². The third-order valence-corrected chi connectivity index (χ3v) is 6.05. The molecule has 0 bridgehead atoms.